The highest BCUT2D eigenvalue weighted by atomic mass is 32.1. The molecule has 3 nitrogen and oxygen atoms in total. The van der Waals surface area contributed by atoms with Gasteiger partial charge in [0.2, 0.25) is 0 Å². The first kappa shape index (κ1) is 12.4. The van der Waals surface area contributed by atoms with E-state index < -0.39 is 0 Å². The van der Waals surface area contributed by atoms with Crippen LogP contribution in [0.4, 0.5) is 0 Å². The third-order valence-corrected chi connectivity index (χ3v) is 3.14. The lowest BCUT2D eigenvalue weighted by molar-refractivity contribution is 0.328. The Hall–Kier alpha value is -0.710. The number of likely N-dealkylation sites (N-methyl/N-ethyl adjacent to an activating group) is 1. The van der Waals surface area contributed by atoms with Crippen molar-refractivity contribution in [3.05, 3.63) is 28.7 Å². The summed E-state index contributed by atoms with van der Waals surface area (Å²) < 4.78 is 0. The first-order chi connectivity index (χ1) is 7.24. The molecule has 84 valence electrons. The highest BCUT2D eigenvalue weighted by Crippen LogP contribution is 2.13. The maximum absolute atomic E-state index is 4.24. The van der Waals surface area contributed by atoms with E-state index >= 15 is 0 Å². The molecule has 1 aromatic rings. The highest BCUT2D eigenvalue weighted by Gasteiger charge is 2.04. The number of hydrogen-bond acceptors (Lipinski definition) is 4. The Morgan fingerprint density at radius 3 is 3.07 bits per heavy atom. The van der Waals surface area contributed by atoms with Crippen LogP contribution in [0.3, 0.4) is 0 Å². The molecule has 15 heavy (non-hydrogen) atoms. The van der Waals surface area contributed by atoms with Gasteiger partial charge >= 0.3 is 0 Å². The second-order valence-corrected chi connectivity index (χ2v) is 4.53. The van der Waals surface area contributed by atoms with Crippen molar-refractivity contribution >= 4 is 11.3 Å². The van der Waals surface area contributed by atoms with Gasteiger partial charge in [0.15, 0.2) is 0 Å². The average Bonchev–Trinajstić information content (AvgIpc) is 2.59. The predicted molar refractivity (Wildman–Crippen MR) is 66.3 cm³/mol. The summed E-state index contributed by atoms with van der Waals surface area (Å²) in [5.74, 6) is 0. The fraction of sp³-hybridized carbons (Fsp3) is 0.545. The van der Waals surface area contributed by atoms with E-state index in [1.54, 1.807) is 11.3 Å². The molecule has 0 fully saturated rings. The molecule has 4 heteroatoms. The van der Waals surface area contributed by atoms with Gasteiger partial charge < -0.3 is 5.32 Å². The van der Waals surface area contributed by atoms with E-state index in [0.717, 1.165) is 31.9 Å². The Kier molecular flexibility index (Phi) is 5.53. The molecule has 0 atom stereocenters. The van der Waals surface area contributed by atoms with Crippen LogP contribution in [0.15, 0.2) is 18.2 Å². The molecular weight excluding hydrogens is 206 g/mol. The van der Waals surface area contributed by atoms with E-state index in [1.807, 2.05) is 11.6 Å². The quantitative estimate of drug-likeness (QED) is 0.565. The molecule has 0 saturated heterocycles. The van der Waals surface area contributed by atoms with E-state index in [9.17, 15) is 0 Å². The molecule has 0 radical (unpaired) electrons. The second kappa shape index (κ2) is 6.71. The number of nitrogens with one attached hydrogen (secondary N) is 1. The Bertz CT molecular complexity index is 296. The Morgan fingerprint density at radius 1 is 1.67 bits per heavy atom. The van der Waals surface area contributed by atoms with Gasteiger partial charge in [0.05, 0.1) is 11.2 Å². The zero-order valence-corrected chi connectivity index (χ0v) is 10.3. The first-order valence-electron chi connectivity index (χ1n) is 5.13. The highest BCUT2D eigenvalue weighted by molar-refractivity contribution is 7.09. The molecule has 0 bridgehead atoms. The lowest BCUT2D eigenvalue weighted by atomic mass is 10.3. The SMILES string of the molecule is C=CCNCCN(C)Cc1scnc1C. The molecule has 1 rings (SSSR count). The van der Waals surface area contributed by atoms with Crippen molar-refractivity contribution in [2.24, 2.45) is 0 Å². The van der Waals surface area contributed by atoms with E-state index in [4.69, 9.17) is 0 Å². The summed E-state index contributed by atoms with van der Waals surface area (Å²) in [6.45, 7) is 9.65. The second-order valence-electron chi connectivity index (χ2n) is 3.59. The molecule has 0 aliphatic heterocycles. The van der Waals surface area contributed by atoms with Crippen molar-refractivity contribution in [2.75, 3.05) is 26.7 Å². The summed E-state index contributed by atoms with van der Waals surface area (Å²) in [7, 11) is 2.13. The fourth-order valence-electron chi connectivity index (χ4n) is 1.28. The summed E-state index contributed by atoms with van der Waals surface area (Å²) in [5, 5.41) is 3.29. The minimum absolute atomic E-state index is 0.882. The van der Waals surface area contributed by atoms with Gasteiger partial charge in [0, 0.05) is 31.1 Å². The van der Waals surface area contributed by atoms with Crippen LogP contribution in [0.5, 0.6) is 0 Å². The van der Waals surface area contributed by atoms with E-state index in [-0.39, 0.29) is 0 Å². The number of hydrogen-bond donors (Lipinski definition) is 1. The largest absolute Gasteiger partial charge is 0.312 e. The topological polar surface area (TPSA) is 28.2 Å². The number of aromatic nitrogens is 1. The standard InChI is InChI=1S/C11H19N3S/c1-4-5-12-6-7-14(3)8-11-10(2)13-9-15-11/h4,9,12H,1,5-8H2,2-3H3. The van der Waals surface area contributed by atoms with Crippen molar-refractivity contribution in [1.29, 1.82) is 0 Å². The van der Waals surface area contributed by atoms with Crippen molar-refractivity contribution in [3.63, 3.8) is 0 Å². The van der Waals surface area contributed by atoms with E-state index in [1.165, 1.54) is 4.88 Å². The molecule has 0 saturated carbocycles. The number of rotatable bonds is 7. The summed E-state index contributed by atoms with van der Waals surface area (Å²) >= 11 is 1.73. The van der Waals surface area contributed by atoms with Gasteiger partial charge in [-0.2, -0.15) is 0 Å². The van der Waals surface area contributed by atoms with Crippen LogP contribution in [-0.4, -0.2) is 36.6 Å². The van der Waals surface area contributed by atoms with Crippen molar-refractivity contribution in [2.45, 2.75) is 13.5 Å². The summed E-state index contributed by atoms with van der Waals surface area (Å²) in [4.78, 5) is 7.91. The Morgan fingerprint density at radius 2 is 2.47 bits per heavy atom. The van der Waals surface area contributed by atoms with Gasteiger partial charge in [-0.05, 0) is 14.0 Å². The monoisotopic (exact) mass is 225 g/mol. The fourth-order valence-corrected chi connectivity index (χ4v) is 2.13. The molecule has 0 spiro atoms. The molecule has 1 N–H and O–H groups in total. The molecule has 0 aliphatic rings. The number of nitrogens with zero attached hydrogens (tertiary/aromatic N) is 2. The normalized spacial score (nSPS) is 10.9. The van der Waals surface area contributed by atoms with Gasteiger partial charge in [-0.15, -0.1) is 17.9 Å². The third kappa shape index (κ3) is 4.55. The molecule has 1 aromatic heterocycles. The maximum atomic E-state index is 4.24. The van der Waals surface area contributed by atoms with Gasteiger partial charge in [0.25, 0.3) is 0 Å². The maximum Gasteiger partial charge on any atom is 0.0798 e. The van der Waals surface area contributed by atoms with Crippen LogP contribution in [0, 0.1) is 6.92 Å². The number of aryl methyl sites for hydroxylation is 1. The Balaban J connectivity index is 2.21. The zero-order valence-electron chi connectivity index (χ0n) is 9.49. The summed E-state index contributed by atoms with van der Waals surface area (Å²) in [6.07, 6.45) is 1.88. The van der Waals surface area contributed by atoms with Crippen molar-refractivity contribution in [3.8, 4) is 0 Å². The number of thiazole rings is 1. The van der Waals surface area contributed by atoms with Gasteiger partial charge in [-0.3, -0.25) is 4.90 Å². The van der Waals surface area contributed by atoms with Crippen LogP contribution in [0.25, 0.3) is 0 Å². The van der Waals surface area contributed by atoms with Crippen molar-refractivity contribution in [1.82, 2.24) is 15.2 Å². The molecule has 0 aromatic carbocycles. The van der Waals surface area contributed by atoms with Gasteiger partial charge in [-0.1, -0.05) is 6.08 Å². The molecule has 0 unspecified atom stereocenters. The Labute approximate surface area is 95.8 Å². The minimum atomic E-state index is 0.882. The van der Waals surface area contributed by atoms with Crippen molar-refractivity contribution < 1.29 is 0 Å². The summed E-state index contributed by atoms with van der Waals surface area (Å²) in [6, 6.07) is 0. The van der Waals surface area contributed by atoms with Gasteiger partial charge in [0.1, 0.15) is 0 Å². The lowest BCUT2D eigenvalue weighted by Crippen LogP contribution is -2.28. The van der Waals surface area contributed by atoms with Crippen LogP contribution < -0.4 is 5.32 Å². The molecule has 0 aliphatic carbocycles. The van der Waals surface area contributed by atoms with Crippen LogP contribution in [-0.2, 0) is 6.54 Å². The average molecular weight is 225 g/mol. The third-order valence-electron chi connectivity index (χ3n) is 2.22. The molecular formula is C11H19N3S. The smallest absolute Gasteiger partial charge is 0.0798 e. The van der Waals surface area contributed by atoms with E-state index in [2.05, 4.69) is 35.8 Å². The first-order valence-corrected chi connectivity index (χ1v) is 6.01. The molecule has 1 heterocycles. The zero-order chi connectivity index (χ0) is 11.1. The van der Waals surface area contributed by atoms with E-state index in [0.29, 0.717) is 0 Å². The van der Waals surface area contributed by atoms with Crippen LogP contribution >= 0.6 is 11.3 Å². The van der Waals surface area contributed by atoms with Crippen LogP contribution in [0.1, 0.15) is 10.6 Å². The lowest BCUT2D eigenvalue weighted by Gasteiger charge is -2.15. The molecule has 0 amide bonds. The minimum Gasteiger partial charge on any atom is -0.312 e. The van der Waals surface area contributed by atoms with Gasteiger partial charge in [-0.25, -0.2) is 4.98 Å². The van der Waals surface area contributed by atoms with Crippen LogP contribution in [0.2, 0.25) is 0 Å². The predicted octanol–water partition coefficient (Wildman–Crippen LogP) is 1.66. The summed E-state index contributed by atoms with van der Waals surface area (Å²) in [5.41, 5.74) is 3.07.